The number of rotatable bonds is 5. The van der Waals surface area contributed by atoms with E-state index in [9.17, 15) is 0 Å². The first kappa shape index (κ1) is 14.1. The quantitative estimate of drug-likeness (QED) is 0.905. The van der Waals surface area contributed by atoms with Crippen LogP contribution in [0.2, 0.25) is 0 Å². The highest BCUT2D eigenvalue weighted by atomic mass is 16.5. The van der Waals surface area contributed by atoms with Crippen molar-refractivity contribution in [3.8, 4) is 17.2 Å². The summed E-state index contributed by atoms with van der Waals surface area (Å²) < 4.78 is 15.9. The SMILES string of the molecule is COc1ccc(C(N)c2ccncc2OC)c(OC)c1. The van der Waals surface area contributed by atoms with Crippen LogP contribution in [-0.2, 0) is 0 Å². The third-order valence-corrected chi connectivity index (χ3v) is 3.15. The molecule has 2 rings (SSSR count). The Labute approximate surface area is 118 Å². The van der Waals surface area contributed by atoms with E-state index in [2.05, 4.69) is 4.98 Å². The van der Waals surface area contributed by atoms with Crippen LogP contribution in [0, 0.1) is 0 Å². The van der Waals surface area contributed by atoms with Gasteiger partial charge < -0.3 is 19.9 Å². The summed E-state index contributed by atoms with van der Waals surface area (Å²) in [4.78, 5) is 4.03. The maximum absolute atomic E-state index is 6.33. The first-order chi connectivity index (χ1) is 9.71. The summed E-state index contributed by atoms with van der Waals surface area (Å²) in [6, 6.07) is 7.03. The summed E-state index contributed by atoms with van der Waals surface area (Å²) in [5, 5.41) is 0. The van der Waals surface area contributed by atoms with Crippen LogP contribution in [0.5, 0.6) is 17.2 Å². The lowest BCUT2D eigenvalue weighted by Gasteiger charge is -2.18. The summed E-state index contributed by atoms with van der Waals surface area (Å²) in [5.41, 5.74) is 8.04. The molecule has 0 bridgehead atoms. The van der Waals surface area contributed by atoms with E-state index in [0.29, 0.717) is 11.5 Å². The largest absolute Gasteiger partial charge is 0.497 e. The Morgan fingerprint density at radius 1 is 0.950 bits per heavy atom. The zero-order chi connectivity index (χ0) is 14.5. The first-order valence-corrected chi connectivity index (χ1v) is 6.16. The van der Waals surface area contributed by atoms with Gasteiger partial charge in [0.15, 0.2) is 0 Å². The summed E-state index contributed by atoms with van der Waals surface area (Å²) in [6.45, 7) is 0. The molecule has 5 heteroatoms. The monoisotopic (exact) mass is 274 g/mol. The van der Waals surface area contributed by atoms with Crippen molar-refractivity contribution in [1.82, 2.24) is 4.98 Å². The van der Waals surface area contributed by atoms with E-state index in [4.69, 9.17) is 19.9 Å². The van der Waals surface area contributed by atoms with Crippen LogP contribution in [0.3, 0.4) is 0 Å². The van der Waals surface area contributed by atoms with Gasteiger partial charge in [-0.15, -0.1) is 0 Å². The fraction of sp³-hybridized carbons (Fsp3) is 0.267. The first-order valence-electron chi connectivity index (χ1n) is 6.16. The molecule has 0 saturated heterocycles. The number of benzene rings is 1. The average molecular weight is 274 g/mol. The van der Waals surface area contributed by atoms with E-state index in [-0.39, 0.29) is 6.04 Å². The summed E-state index contributed by atoms with van der Waals surface area (Å²) >= 11 is 0. The molecule has 0 saturated carbocycles. The Bertz CT molecular complexity index is 587. The van der Waals surface area contributed by atoms with E-state index in [1.807, 2.05) is 24.3 Å². The molecule has 0 fully saturated rings. The Morgan fingerprint density at radius 3 is 2.30 bits per heavy atom. The van der Waals surface area contributed by atoms with E-state index >= 15 is 0 Å². The number of ether oxygens (including phenoxy) is 3. The van der Waals surface area contributed by atoms with Crippen molar-refractivity contribution < 1.29 is 14.2 Å². The second-order valence-electron chi connectivity index (χ2n) is 4.20. The lowest BCUT2D eigenvalue weighted by molar-refractivity contribution is 0.387. The third kappa shape index (κ3) is 2.67. The standard InChI is InChI=1S/C15H18N2O3/c1-18-10-4-5-11(13(8-10)19-2)15(16)12-6-7-17-9-14(12)20-3/h4-9,15H,16H2,1-3H3. The second kappa shape index (κ2) is 6.25. The molecule has 0 aliphatic rings. The molecule has 1 aromatic carbocycles. The van der Waals surface area contributed by atoms with Gasteiger partial charge in [-0.3, -0.25) is 4.98 Å². The maximum Gasteiger partial charge on any atom is 0.142 e. The van der Waals surface area contributed by atoms with E-state index in [0.717, 1.165) is 16.9 Å². The van der Waals surface area contributed by atoms with Crippen molar-refractivity contribution in [2.75, 3.05) is 21.3 Å². The van der Waals surface area contributed by atoms with Crippen molar-refractivity contribution in [2.45, 2.75) is 6.04 Å². The Kier molecular flexibility index (Phi) is 4.42. The average Bonchev–Trinajstić information content (AvgIpc) is 2.53. The molecule has 1 heterocycles. The number of aromatic nitrogens is 1. The number of methoxy groups -OCH3 is 3. The predicted octanol–water partition coefficient (Wildman–Crippen LogP) is 2.16. The van der Waals surface area contributed by atoms with Crippen molar-refractivity contribution in [1.29, 1.82) is 0 Å². The molecule has 0 aliphatic carbocycles. The lowest BCUT2D eigenvalue weighted by atomic mass is 9.98. The van der Waals surface area contributed by atoms with E-state index < -0.39 is 0 Å². The third-order valence-electron chi connectivity index (χ3n) is 3.15. The minimum atomic E-state index is -0.367. The molecule has 0 amide bonds. The van der Waals surface area contributed by atoms with Crippen LogP contribution in [0.1, 0.15) is 17.2 Å². The number of hydrogen-bond acceptors (Lipinski definition) is 5. The van der Waals surface area contributed by atoms with E-state index in [1.54, 1.807) is 33.7 Å². The Balaban J connectivity index is 2.45. The van der Waals surface area contributed by atoms with Gasteiger partial charge in [0.1, 0.15) is 17.2 Å². The van der Waals surface area contributed by atoms with Crippen LogP contribution in [0.15, 0.2) is 36.7 Å². The van der Waals surface area contributed by atoms with Crippen LogP contribution >= 0.6 is 0 Å². The zero-order valence-electron chi connectivity index (χ0n) is 11.8. The number of hydrogen-bond donors (Lipinski definition) is 1. The number of nitrogens with zero attached hydrogens (tertiary/aromatic N) is 1. The van der Waals surface area contributed by atoms with Crippen molar-refractivity contribution in [3.05, 3.63) is 47.8 Å². The zero-order valence-corrected chi connectivity index (χ0v) is 11.8. The molecule has 2 N–H and O–H groups in total. The van der Waals surface area contributed by atoms with Crippen LogP contribution in [0.25, 0.3) is 0 Å². The Morgan fingerprint density at radius 2 is 1.65 bits per heavy atom. The van der Waals surface area contributed by atoms with Crippen molar-refractivity contribution in [3.63, 3.8) is 0 Å². The predicted molar refractivity (Wildman–Crippen MR) is 76.4 cm³/mol. The van der Waals surface area contributed by atoms with Gasteiger partial charge in [0, 0.05) is 23.4 Å². The molecule has 0 spiro atoms. The van der Waals surface area contributed by atoms with Crippen LogP contribution < -0.4 is 19.9 Å². The molecule has 20 heavy (non-hydrogen) atoms. The molecule has 0 aliphatic heterocycles. The van der Waals surface area contributed by atoms with Crippen molar-refractivity contribution in [2.24, 2.45) is 5.73 Å². The topological polar surface area (TPSA) is 66.6 Å². The molecule has 1 unspecified atom stereocenters. The van der Waals surface area contributed by atoms with Crippen LogP contribution in [-0.4, -0.2) is 26.3 Å². The van der Waals surface area contributed by atoms with Gasteiger partial charge in [0.25, 0.3) is 0 Å². The van der Waals surface area contributed by atoms with Gasteiger partial charge in [0.2, 0.25) is 0 Å². The highest BCUT2D eigenvalue weighted by molar-refractivity contribution is 5.48. The number of nitrogens with two attached hydrogens (primary N) is 1. The van der Waals surface area contributed by atoms with Gasteiger partial charge in [-0.05, 0) is 18.2 Å². The molecule has 106 valence electrons. The van der Waals surface area contributed by atoms with E-state index in [1.165, 1.54) is 0 Å². The van der Waals surface area contributed by atoms with Gasteiger partial charge in [-0.2, -0.15) is 0 Å². The molecule has 2 aromatic rings. The molecular weight excluding hydrogens is 256 g/mol. The normalized spacial score (nSPS) is 11.8. The number of pyridine rings is 1. The highest BCUT2D eigenvalue weighted by Crippen LogP contribution is 2.34. The molecule has 5 nitrogen and oxygen atoms in total. The van der Waals surface area contributed by atoms with Gasteiger partial charge in [-0.1, -0.05) is 0 Å². The summed E-state index contributed by atoms with van der Waals surface area (Å²) in [7, 11) is 4.81. The van der Waals surface area contributed by atoms with Crippen LogP contribution in [0.4, 0.5) is 0 Å². The second-order valence-corrected chi connectivity index (χ2v) is 4.20. The fourth-order valence-electron chi connectivity index (χ4n) is 2.06. The summed E-state index contributed by atoms with van der Waals surface area (Å²) in [6.07, 6.45) is 3.33. The minimum Gasteiger partial charge on any atom is -0.497 e. The van der Waals surface area contributed by atoms with Gasteiger partial charge >= 0.3 is 0 Å². The maximum atomic E-state index is 6.33. The Hall–Kier alpha value is -2.27. The highest BCUT2D eigenvalue weighted by Gasteiger charge is 2.18. The summed E-state index contributed by atoms with van der Waals surface area (Å²) in [5.74, 6) is 2.05. The molecular formula is C15H18N2O3. The lowest BCUT2D eigenvalue weighted by Crippen LogP contribution is -2.14. The molecule has 1 aromatic heterocycles. The smallest absolute Gasteiger partial charge is 0.142 e. The molecule has 1 atom stereocenters. The minimum absolute atomic E-state index is 0.367. The molecule has 0 radical (unpaired) electrons. The van der Waals surface area contributed by atoms with Crippen molar-refractivity contribution >= 4 is 0 Å². The van der Waals surface area contributed by atoms with Gasteiger partial charge in [-0.25, -0.2) is 0 Å². The fourth-order valence-corrected chi connectivity index (χ4v) is 2.06. The van der Waals surface area contributed by atoms with Gasteiger partial charge in [0.05, 0.1) is 33.6 Å².